The van der Waals surface area contributed by atoms with Crippen LogP contribution in [0.4, 0.5) is 11.4 Å². The summed E-state index contributed by atoms with van der Waals surface area (Å²) in [5.41, 5.74) is 3.09. The van der Waals surface area contributed by atoms with E-state index in [0.717, 1.165) is 11.1 Å². The van der Waals surface area contributed by atoms with E-state index in [1.54, 1.807) is 48.5 Å². The standard InChI is InChI=1S/C26H20N2O6/c1-14-11-20-21(12-15(14)2)34-25-22(24(20)29)23(16-7-9-17(10-8-16)28(31)32)27(26(25)30)18-5-4-6-19(13-18)33-3/h4-13,23H,1-3H3. The highest BCUT2D eigenvalue weighted by Gasteiger charge is 2.44. The number of non-ortho nitro benzene ring substituents is 1. The fraction of sp³-hybridized carbons (Fsp3) is 0.154. The quantitative estimate of drug-likeness (QED) is 0.314. The largest absolute Gasteiger partial charge is 0.497 e. The molecule has 4 aromatic rings. The molecule has 0 saturated carbocycles. The van der Waals surface area contributed by atoms with Crippen LogP contribution in [0.5, 0.6) is 5.75 Å². The molecule has 0 fully saturated rings. The summed E-state index contributed by atoms with van der Waals surface area (Å²) in [5, 5.41) is 11.5. The summed E-state index contributed by atoms with van der Waals surface area (Å²) in [7, 11) is 1.52. The van der Waals surface area contributed by atoms with Crippen molar-refractivity contribution in [2.75, 3.05) is 12.0 Å². The van der Waals surface area contributed by atoms with E-state index in [0.29, 0.717) is 28.0 Å². The molecule has 2 heterocycles. The molecule has 1 aliphatic heterocycles. The van der Waals surface area contributed by atoms with Crippen LogP contribution in [-0.2, 0) is 0 Å². The van der Waals surface area contributed by atoms with Crippen LogP contribution in [0.15, 0.2) is 69.9 Å². The summed E-state index contributed by atoms with van der Waals surface area (Å²) in [5.74, 6) is 0.0372. The Bertz CT molecular complexity index is 1540. The Balaban J connectivity index is 1.79. The van der Waals surface area contributed by atoms with Crippen LogP contribution in [0.2, 0.25) is 0 Å². The molecule has 0 bridgehead atoms. The molecule has 5 rings (SSSR count). The van der Waals surface area contributed by atoms with Crippen molar-refractivity contribution in [1.29, 1.82) is 0 Å². The highest BCUT2D eigenvalue weighted by Crippen LogP contribution is 2.42. The summed E-state index contributed by atoms with van der Waals surface area (Å²) in [6, 6.07) is 15.5. The molecule has 1 atom stereocenters. The first kappa shape index (κ1) is 21.4. The van der Waals surface area contributed by atoms with Gasteiger partial charge in [0.15, 0.2) is 5.43 Å². The van der Waals surface area contributed by atoms with Crippen LogP contribution in [0.25, 0.3) is 11.0 Å². The topological polar surface area (TPSA) is 103 Å². The number of benzene rings is 3. The van der Waals surface area contributed by atoms with E-state index in [1.165, 1.54) is 24.1 Å². The third-order valence-electron chi connectivity index (χ3n) is 6.24. The molecule has 8 nitrogen and oxygen atoms in total. The lowest BCUT2D eigenvalue weighted by Crippen LogP contribution is -2.29. The number of aryl methyl sites for hydroxylation is 2. The number of nitrogens with zero attached hydrogens (tertiary/aromatic N) is 2. The summed E-state index contributed by atoms with van der Waals surface area (Å²) < 4.78 is 11.3. The maximum atomic E-state index is 13.7. The van der Waals surface area contributed by atoms with Gasteiger partial charge in [-0.05, 0) is 66.9 Å². The Labute approximate surface area is 194 Å². The second kappa shape index (κ2) is 7.84. The highest BCUT2D eigenvalue weighted by molar-refractivity contribution is 6.10. The van der Waals surface area contributed by atoms with E-state index in [1.807, 2.05) is 13.8 Å². The van der Waals surface area contributed by atoms with Gasteiger partial charge in [0.2, 0.25) is 5.76 Å². The molecule has 0 N–H and O–H groups in total. The van der Waals surface area contributed by atoms with Gasteiger partial charge in [-0.1, -0.05) is 6.07 Å². The lowest BCUT2D eigenvalue weighted by Gasteiger charge is -2.25. The number of nitro groups is 1. The van der Waals surface area contributed by atoms with Crippen molar-refractivity contribution in [3.05, 3.63) is 109 Å². The number of rotatable bonds is 4. The van der Waals surface area contributed by atoms with Crippen molar-refractivity contribution in [3.63, 3.8) is 0 Å². The molecular weight excluding hydrogens is 436 g/mol. The predicted octanol–water partition coefficient (Wildman–Crippen LogP) is 5.08. The Morgan fingerprint density at radius 3 is 2.38 bits per heavy atom. The van der Waals surface area contributed by atoms with Gasteiger partial charge in [-0.3, -0.25) is 24.6 Å². The van der Waals surface area contributed by atoms with Crippen molar-refractivity contribution in [2.24, 2.45) is 0 Å². The fourth-order valence-electron chi connectivity index (χ4n) is 4.35. The first-order valence-corrected chi connectivity index (χ1v) is 10.6. The lowest BCUT2D eigenvalue weighted by atomic mass is 9.97. The molecule has 0 radical (unpaired) electrons. The Morgan fingerprint density at radius 1 is 1.00 bits per heavy atom. The van der Waals surface area contributed by atoms with E-state index in [-0.39, 0.29) is 22.4 Å². The lowest BCUT2D eigenvalue weighted by molar-refractivity contribution is -0.384. The van der Waals surface area contributed by atoms with Gasteiger partial charge in [-0.2, -0.15) is 0 Å². The van der Waals surface area contributed by atoms with Gasteiger partial charge >= 0.3 is 0 Å². The Kier molecular flexibility index (Phi) is 4.93. The fourth-order valence-corrected chi connectivity index (χ4v) is 4.35. The molecule has 1 amide bonds. The number of ether oxygens (including phenoxy) is 1. The molecule has 0 aliphatic carbocycles. The maximum absolute atomic E-state index is 13.7. The van der Waals surface area contributed by atoms with E-state index < -0.39 is 16.9 Å². The van der Waals surface area contributed by atoms with Crippen molar-refractivity contribution in [2.45, 2.75) is 19.9 Å². The van der Waals surface area contributed by atoms with Crippen LogP contribution >= 0.6 is 0 Å². The number of fused-ring (bicyclic) bond motifs is 2. The minimum atomic E-state index is -0.822. The number of nitro benzene ring substituents is 1. The van der Waals surface area contributed by atoms with Crippen LogP contribution in [-0.4, -0.2) is 17.9 Å². The number of anilines is 1. The Hall–Kier alpha value is -4.46. The monoisotopic (exact) mass is 456 g/mol. The average molecular weight is 456 g/mol. The van der Waals surface area contributed by atoms with Gasteiger partial charge in [0.25, 0.3) is 11.6 Å². The summed E-state index contributed by atoms with van der Waals surface area (Å²) >= 11 is 0. The number of amides is 1. The van der Waals surface area contributed by atoms with E-state index in [2.05, 4.69) is 0 Å². The average Bonchev–Trinajstić information content (AvgIpc) is 3.13. The summed E-state index contributed by atoms with van der Waals surface area (Å²) in [6.45, 7) is 3.81. The van der Waals surface area contributed by atoms with Crippen molar-refractivity contribution < 1.29 is 18.9 Å². The molecule has 0 spiro atoms. The normalized spacial score (nSPS) is 15.0. The summed E-state index contributed by atoms with van der Waals surface area (Å²) in [4.78, 5) is 39.5. The Morgan fingerprint density at radius 2 is 1.71 bits per heavy atom. The molecule has 34 heavy (non-hydrogen) atoms. The third kappa shape index (κ3) is 3.23. The van der Waals surface area contributed by atoms with Crippen molar-refractivity contribution in [1.82, 2.24) is 0 Å². The predicted molar refractivity (Wildman–Crippen MR) is 127 cm³/mol. The molecule has 1 unspecified atom stereocenters. The van der Waals surface area contributed by atoms with E-state index in [9.17, 15) is 19.7 Å². The van der Waals surface area contributed by atoms with E-state index in [4.69, 9.17) is 9.15 Å². The number of hydrogen-bond donors (Lipinski definition) is 0. The first-order chi connectivity index (χ1) is 16.3. The molecular formula is C26H20N2O6. The number of hydrogen-bond acceptors (Lipinski definition) is 6. The smallest absolute Gasteiger partial charge is 0.295 e. The second-order valence-corrected chi connectivity index (χ2v) is 8.23. The van der Waals surface area contributed by atoms with Gasteiger partial charge in [-0.15, -0.1) is 0 Å². The van der Waals surface area contributed by atoms with Crippen LogP contribution in [0.3, 0.4) is 0 Å². The molecule has 1 aliphatic rings. The highest BCUT2D eigenvalue weighted by atomic mass is 16.6. The second-order valence-electron chi connectivity index (χ2n) is 8.23. The third-order valence-corrected chi connectivity index (χ3v) is 6.24. The van der Waals surface area contributed by atoms with Crippen molar-refractivity contribution >= 4 is 28.3 Å². The minimum absolute atomic E-state index is 0.0353. The molecule has 1 aromatic heterocycles. The van der Waals surface area contributed by atoms with Gasteiger partial charge < -0.3 is 9.15 Å². The van der Waals surface area contributed by atoms with Gasteiger partial charge in [-0.25, -0.2) is 0 Å². The number of carbonyl (C=O) groups is 1. The molecule has 170 valence electrons. The van der Waals surface area contributed by atoms with Crippen molar-refractivity contribution in [3.8, 4) is 5.75 Å². The zero-order valence-electron chi connectivity index (χ0n) is 18.7. The summed E-state index contributed by atoms with van der Waals surface area (Å²) in [6.07, 6.45) is 0. The SMILES string of the molecule is COc1cccc(N2C(=O)c3oc4cc(C)c(C)cc4c(=O)c3C2c2ccc([N+](=O)[O-])cc2)c1. The maximum Gasteiger partial charge on any atom is 0.295 e. The molecule has 0 saturated heterocycles. The van der Waals surface area contributed by atoms with E-state index >= 15 is 0 Å². The van der Waals surface area contributed by atoms with Crippen LogP contribution < -0.4 is 15.1 Å². The zero-order chi connectivity index (χ0) is 24.1. The number of carbonyl (C=O) groups excluding carboxylic acids is 1. The van der Waals surface area contributed by atoms with Crippen LogP contribution in [0, 0.1) is 24.0 Å². The molecule has 3 aromatic carbocycles. The zero-order valence-corrected chi connectivity index (χ0v) is 18.7. The van der Waals surface area contributed by atoms with Gasteiger partial charge in [0.1, 0.15) is 11.3 Å². The molecule has 8 heteroatoms. The first-order valence-electron chi connectivity index (χ1n) is 10.6. The number of methoxy groups -OCH3 is 1. The van der Waals surface area contributed by atoms with Gasteiger partial charge in [0.05, 0.1) is 29.0 Å². The van der Waals surface area contributed by atoms with Gasteiger partial charge in [0, 0.05) is 23.9 Å². The van der Waals surface area contributed by atoms with Crippen LogP contribution in [0.1, 0.15) is 38.9 Å². The minimum Gasteiger partial charge on any atom is -0.497 e.